The van der Waals surface area contributed by atoms with Gasteiger partial charge in [-0.15, -0.1) is 0 Å². The first-order valence-electron chi connectivity index (χ1n) is 6.63. The maximum absolute atomic E-state index is 12.1. The molecule has 108 valence electrons. The highest BCUT2D eigenvalue weighted by atomic mass is 35.5. The molecule has 1 heterocycles. The molecule has 2 amide bonds. The van der Waals surface area contributed by atoms with Crippen LogP contribution in [0.3, 0.4) is 0 Å². The van der Waals surface area contributed by atoms with Crippen molar-refractivity contribution in [3.63, 3.8) is 0 Å². The van der Waals surface area contributed by atoms with E-state index < -0.39 is 0 Å². The Balaban J connectivity index is 2.18. The number of carbonyl (C=O) groups is 2. The molecule has 1 aliphatic rings. The molecule has 20 heavy (non-hydrogen) atoms. The van der Waals surface area contributed by atoms with Crippen LogP contribution in [0.1, 0.15) is 37.8 Å². The van der Waals surface area contributed by atoms with Crippen LogP contribution in [0, 0.1) is 5.41 Å². The van der Waals surface area contributed by atoms with Crippen LogP contribution >= 0.6 is 11.6 Å². The SMILES string of the molecule is CC1(C)CC(=O)N(Cc2ccc(CN)cc2Cl)C(=O)C1. The summed E-state index contributed by atoms with van der Waals surface area (Å²) in [7, 11) is 0. The van der Waals surface area contributed by atoms with Crippen molar-refractivity contribution in [3.05, 3.63) is 34.3 Å². The van der Waals surface area contributed by atoms with E-state index in [0.29, 0.717) is 24.4 Å². The van der Waals surface area contributed by atoms with Gasteiger partial charge in [-0.05, 0) is 22.6 Å². The number of carbonyl (C=O) groups excluding carboxylic acids is 2. The number of benzene rings is 1. The minimum atomic E-state index is -0.252. The molecule has 2 N–H and O–H groups in total. The van der Waals surface area contributed by atoms with Crippen molar-refractivity contribution in [2.75, 3.05) is 0 Å². The summed E-state index contributed by atoms with van der Waals surface area (Å²) in [5, 5.41) is 0.540. The second-order valence-corrected chi connectivity index (χ2v) is 6.43. The van der Waals surface area contributed by atoms with Gasteiger partial charge in [-0.3, -0.25) is 14.5 Å². The highest BCUT2D eigenvalue weighted by molar-refractivity contribution is 6.31. The van der Waals surface area contributed by atoms with Gasteiger partial charge < -0.3 is 5.73 Å². The summed E-state index contributed by atoms with van der Waals surface area (Å²) in [5.41, 5.74) is 6.99. The lowest BCUT2D eigenvalue weighted by atomic mass is 9.81. The van der Waals surface area contributed by atoms with Crippen LogP contribution in [-0.2, 0) is 22.7 Å². The van der Waals surface area contributed by atoms with Crippen LogP contribution in [0.4, 0.5) is 0 Å². The third-order valence-corrected chi connectivity index (χ3v) is 3.90. The molecular weight excluding hydrogens is 276 g/mol. The van der Waals surface area contributed by atoms with Crippen molar-refractivity contribution >= 4 is 23.4 Å². The van der Waals surface area contributed by atoms with Crippen LogP contribution in [0.5, 0.6) is 0 Å². The maximum Gasteiger partial charge on any atom is 0.230 e. The minimum absolute atomic E-state index is 0.134. The quantitative estimate of drug-likeness (QED) is 0.871. The van der Waals surface area contributed by atoms with Crippen LogP contribution in [0.15, 0.2) is 18.2 Å². The zero-order chi connectivity index (χ0) is 14.9. The van der Waals surface area contributed by atoms with Crippen LogP contribution in [-0.4, -0.2) is 16.7 Å². The summed E-state index contributed by atoms with van der Waals surface area (Å²) >= 11 is 6.17. The van der Waals surface area contributed by atoms with Crippen LogP contribution in [0.25, 0.3) is 0 Å². The van der Waals surface area contributed by atoms with Crippen LogP contribution in [0.2, 0.25) is 5.02 Å². The minimum Gasteiger partial charge on any atom is -0.326 e. The van der Waals surface area contributed by atoms with Crippen LogP contribution < -0.4 is 5.73 Å². The van der Waals surface area contributed by atoms with Gasteiger partial charge in [-0.25, -0.2) is 0 Å². The molecule has 1 fully saturated rings. The second kappa shape index (κ2) is 5.54. The van der Waals surface area contributed by atoms with E-state index in [1.807, 2.05) is 26.0 Å². The summed E-state index contributed by atoms with van der Waals surface area (Å²) in [4.78, 5) is 25.5. The maximum atomic E-state index is 12.1. The zero-order valence-electron chi connectivity index (χ0n) is 11.8. The van der Waals surface area contributed by atoms with Crippen molar-refractivity contribution in [1.82, 2.24) is 4.90 Å². The number of likely N-dealkylation sites (tertiary alicyclic amines) is 1. The van der Waals surface area contributed by atoms with Crippen molar-refractivity contribution in [2.24, 2.45) is 11.1 Å². The molecule has 5 heteroatoms. The van der Waals surface area contributed by atoms with Gasteiger partial charge in [-0.1, -0.05) is 37.6 Å². The van der Waals surface area contributed by atoms with E-state index in [0.717, 1.165) is 11.1 Å². The van der Waals surface area contributed by atoms with E-state index in [9.17, 15) is 9.59 Å². The van der Waals surface area contributed by atoms with Gasteiger partial charge in [0.15, 0.2) is 0 Å². The number of halogens is 1. The summed E-state index contributed by atoms with van der Waals surface area (Å²) in [6.45, 7) is 4.51. The molecule has 0 saturated carbocycles. The average Bonchev–Trinajstić information content (AvgIpc) is 2.34. The molecular formula is C15H19ClN2O2. The van der Waals surface area contributed by atoms with Gasteiger partial charge >= 0.3 is 0 Å². The molecule has 4 nitrogen and oxygen atoms in total. The Morgan fingerprint density at radius 2 is 1.85 bits per heavy atom. The topological polar surface area (TPSA) is 63.4 Å². The van der Waals surface area contributed by atoms with E-state index >= 15 is 0 Å². The molecule has 0 atom stereocenters. The largest absolute Gasteiger partial charge is 0.326 e. The molecule has 0 aliphatic carbocycles. The molecule has 1 saturated heterocycles. The summed E-state index contributed by atoms with van der Waals surface area (Å²) in [6.07, 6.45) is 0.772. The van der Waals surface area contributed by atoms with Gasteiger partial charge in [0, 0.05) is 24.4 Å². The van der Waals surface area contributed by atoms with Gasteiger partial charge in [0.2, 0.25) is 11.8 Å². The summed E-state index contributed by atoms with van der Waals surface area (Å²) < 4.78 is 0. The first kappa shape index (κ1) is 15.0. The molecule has 1 aromatic rings. The van der Waals surface area contributed by atoms with Crippen molar-refractivity contribution in [2.45, 2.75) is 39.8 Å². The van der Waals surface area contributed by atoms with Crippen molar-refractivity contribution in [3.8, 4) is 0 Å². The number of nitrogens with two attached hydrogens (primary N) is 1. The molecule has 0 bridgehead atoms. The molecule has 0 spiro atoms. The predicted octanol–water partition coefficient (Wildman–Crippen LogP) is 2.47. The number of piperidine rings is 1. The van der Waals surface area contributed by atoms with Gasteiger partial charge in [-0.2, -0.15) is 0 Å². The smallest absolute Gasteiger partial charge is 0.230 e. The molecule has 2 rings (SSSR count). The number of nitrogens with zero attached hydrogens (tertiary/aromatic N) is 1. The Kier molecular flexibility index (Phi) is 4.16. The third-order valence-electron chi connectivity index (χ3n) is 3.54. The van der Waals surface area contributed by atoms with Crippen molar-refractivity contribution in [1.29, 1.82) is 0 Å². The molecule has 1 aliphatic heterocycles. The Morgan fingerprint density at radius 3 is 2.35 bits per heavy atom. The summed E-state index contributed by atoms with van der Waals surface area (Å²) in [5.74, 6) is -0.268. The van der Waals surface area contributed by atoms with E-state index in [-0.39, 0.29) is 23.8 Å². The number of imide groups is 1. The lowest BCUT2D eigenvalue weighted by Crippen LogP contribution is -2.45. The fraction of sp³-hybridized carbons (Fsp3) is 0.467. The third kappa shape index (κ3) is 3.19. The molecule has 0 radical (unpaired) electrons. The number of hydrogen-bond acceptors (Lipinski definition) is 3. The number of amides is 2. The Hall–Kier alpha value is -1.39. The molecule has 1 aromatic carbocycles. The van der Waals surface area contributed by atoms with E-state index in [4.69, 9.17) is 17.3 Å². The molecule has 0 aromatic heterocycles. The Bertz CT molecular complexity index is 535. The lowest BCUT2D eigenvalue weighted by molar-refractivity contribution is -0.153. The van der Waals surface area contributed by atoms with Gasteiger partial charge in [0.05, 0.1) is 6.54 Å². The number of rotatable bonds is 3. The fourth-order valence-electron chi connectivity index (χ4n) is 2.40. The van der Waals surface area contributed by atoms with Gasteiger partial charge in [0.25, 0.3) is 0 Å². The highest BCUT2D eigenvalue weighted by Crippen LogP contribution is 2.32. The number of hydrogen-bond donors (Lipinski definition) is 1. The monoisotopic (exact) mass is 294 g/mol. The zero-order valence-corrected chi connectivity index (χ0v) is 12.5. The second-order valence-electron chi connectivity index (χ2n) is 6.02. The molecule has 0 unspecified atom stereocenters. The normalized spacial score (nSPS) is 18.5. The lowest BCUT2D eigenvalue weighted by Gasteiger charge is -2.34. The average molecular weight is 295 g/mol. The standard InChI is InChI=1S/C15H19ClN2O2/c1-15(2)6-13(19)18(14(20)7-15)9-11-4-3-10(8-17)5-12(11)16/h3-5H,6-9,17H2,1-2H3. The Labute approximate surface area is 123 Å². The Morgan fingerprint density at radius 1 is 1.25 bits per heavy atom. The van der Waals surface area contributed by atoms with E-state index in [2.05, 4.69) is 0 Å². The van der Waals surface area contributed by atoms with E-state index in [1.54, 1.807) is 6.07 Å². The van der Waals surface area contributed by atoms with Crippen molar-refractivity contribution < 1.29 is 9.59 Å². The predicted molar refractivity (Wildman–Crippen MR) is 77.9 cm³/mol. The highest BCUT2D eigenvalue weighted by Gasteiger charge is 2.37. The first-order chi connectivity index (χ1) is 9.32. The fourth-order valence-corrected chi connectivity index (χ4v) is 2.67. The van der Waals surface area contributed by atoms with E-state index in [1.165, 1.54) is 4.90 Å². The first-order valence-corrected chi connectivity index (χ1v) is 7.01. The van der Waals surface area contributed by atoms with Gasteiger partial charge in [0.1, 0.15) is 0 Å². The summed E-state index contributed by atoms with van der Waals surface area (Å²) in [6, 6.07) is 5.47.